The van der Waals surface area contributed by atoms with Crippen LogP contribution in [0.25, 0.3) is 11.3 Å². The van der Waals surface area contributed by atoms with E-state index < -0.39 is 11.7 Å². The molecule has 1 saturated heterocycles. The predicted molar refractivity (Wildman–Crippen MR) is 96.1 cm³/mol. The van der Waals surface area contributed by atoms with E-state index in [0.29, 0.717) is 30.2 Å². The zero-order valence-corrected chi connectivity index (χ0v) is 15.4. The number of benzene rings is 1. The quantitative estimate of drug-likeness (QED) is 0.803. The topological polar surface area (TPSA) is 56.0 Å². The first-order valence-corrected chi connectivity index (χ1v) is 8.53. The Bertz CT molecular complexity index is 886. The lowest BCUT2D eigenvalue weighted by molar-refractivity contribution is -0.137. The average molecular weight is 375 g/mol. The highest BCUT2D eigenvalue weighted by molar-refractivity contribution is 5.64. The molecule has 1 fully saturated rings. The zero-order valence-electron chi connectivity index (χ0n) is 15.4. The van der Waals surface area contributed by atoms with Crippen LogP contribution in [0, 0.1) is 11.3 Å². The number of nitriles is 1. The number of alkyl halides is 3. The van der Waals surface area contributed by atoms with E-state index in [1.54, 1.807) is 12.1 Å². The van der Waals surface area contributed by atoms with Gasteiger partial charge in [0.25, 0.3) is 0 Å². The fourth-order valence-corrected chi connectivity index (χ4v) is 3.08. The molecule has 0 unspecified atom stereocenters. The Morgan fingerprint density at radius 2 is 1.89 bits per heavy atom. The SMILES string of the molecule is CN1CCN(c2cc(-c3cccc(C(F)(F)F)c3)nc(C#N)n2)CC1(C)C. The first-order chi connectivity index (χ1) is 12.6. The minimum Gasteiger partial charge on any atom is -0.353 e. The highest BCUT2D eigenvalue weighted by atomic mass is 19.4. The highest BCUT2D eigenvalue weighted by Gasteiger charge is 2.33. The first-order valence-electron chi connectivity index (χ1n) is 8.53. The second-order valence-corrected chi connectivity index (χ2v) is 7.28. The van der Waals surface area contributed by atoms with Gasteiger partial charge in [-0.05, 0) is 33.0 Å². The minimum atomic E-state index is -4.44. The first kappa shape index (κ1) is 19.1. The van der Waals surface area contributed by atoms with Crippen LogP contribution < -0.4 is 4.90 Å². The third-order valence-corrected chi connectivity index (χ3v) is 4.94. The summed E-state index contributed by atoms with van der Waals surface area (Å²) < 4.78 is 39.1. The number of aromatic nitrogens is 2. The van der Waals surface area contributed by atoms with E-state index in [4.69, 9.17) is 0 Å². The fraction of sp³-hybridized carbons (Fsp3) is 0.421. The van der Waals surface area contributed by atoms with E-state index in [1.807, 2.05) is 18.0 Å². The maximum absolute atomic E-state index is 13.0. The minimum absolute atomic E-state index is 0.0587. The summed E-state index contributed by atoms with van der Waals surface area (Å²) in [6.45, 7) is 6.44. The largest absolute Gasteiger partial charge is 0.416 e. The van der Waals surface area contributed by atoms with Crippen molar-refractivity contribution in [2.24, 2.45) is 0 Å². The Morgan fingerprint density at radius 1 is 1.15 bits per heavy atom. The second-order valence-electron chi connectivity index (χ2n) is 7.28. The van der Waals surface area contributed by atoms with Gasteiger partial charge in [0.15, 0.2) is 0 Å². The van der Waals surface area contributed by atoms with Crippen molar-refractivity contribution in [2.75, 3.05) is 31.6 Å². The average Bonchev–Trinajstić information content (AvgIpc) is 2.63. The number of piperazine rings is 1. The van der Waals surface area contributed by atoms with E-state index in [-0.39, 0.29) is 11.4 Å². The number of hydrogen-bond acceptors (Lipinski definition) is 5. The van der Waals surface area contributed by atoms with Crippen LogP contribution in [0.15, 0.2) is 30.3 Å². The maximum Gasteiger partial charge on any atom is 0.416 e. The molecular weight excluding hydrogens is 355 g/mol. The Balaban J connectivity index is 2.02. The molecule has 27 heavy (non-hydrogen) atoms. The third kappa shape index (κ3) is 4.03. The van der Waals surface area contributed by atoms with Crippen molar-refractivity contribution in [1.82, 2.24) is 14.9 Å². The fourth-order valence-electron chi connectivity index (χ4n) is 3.08. The standard InChI is InChI=1S/C19H20F3N5/c1-18(2)12-27(8-7-26(18)3)17-10-15(24-16(11-23)25-17)13-5-4-6-14(9-13)19(20,21)22/h4-6,9-10H,7-8,12H2,1-3H3. The molecule has 1 aromatic heterocycles. The van der Waals surface area contributed by atoms with E-state index in [9.17, 15) is 18.4 Å². The summed E-state index contributed by atoms with van der Waals surface area (Å²) in [7, 11) is 2.05. The summed E-state index contributed by atoms with van der Waals surface area (Å²) >= 11 is 0. The van der Waals surface area contributed by atoms with Gasteiger partial charge in [-0.1, -0.05) is 12.1 Å². The molecule has 0 bridgehead atoms. The molecule has 2 aromatic rings. The molecule has 1 aromatic carbocycles. The van der Waals surface area contributed by atoms with Crippen molar-refractivity contribution in [1.29, 1.82) is 5.26 Å². The summed E-state index contributed by atoms with van der Waals surface area (Å²) in [5, 5.41) is 9.28. The molecule has 1 aliphatic rings. The molecule has 5 nitrogen and oxygen atoms in total. The number of hydrogen-bond donors (Lipinski definition) is 0. The molecule has 0 aliphatic carbocycles. The molecular formula is C19H20F3N5. The van der Waals surface area contributed by atoms with Crippen molar-refractivity contribution < 1.29 is 13.2 Å². The highest BCUT2D eigenvalue weighted by Crippen LogP contribution is 2.32. The van der Waals surface area contributed by atoms with Gasteiger partial charge in [-0.2, -0.15) is 18.4 Å². The van der Waals surface area contributed by atoms with Gasteiger partial charge in [0.05, 0.1) is 11.3 Å². The van der Waals surface area contributed by atoms with E-state index in [2.05, 4.69) is 28.7 Å². The molecule has 0 saturated carbocycles. The summed E-state index contributed by atoms with van der Waals surface area (Å²) in [5.74, 6) is 0.492. The van der Waals surface area contributed by atoms with Crippen LogP contribution in [0.2, 0.25) is 0 Å². The van der Waals surface area contributed by atoms with Gasteiger partial charge >= 0.3 is 6.18 Å². The molecule has 2 heterocycles. The molecule has 142 valence electrons. The van der Waals surface area contributed by atoms with Crippen molar-refractivity contribution >= 4 is 5.82 Å². The van der Waals surface area contributed by atoms with Crippen molar-refractivity contribution in [3.63, 3.8) is 0 Å². The normalized spacial score (nSPS) is 17.6. The predicted octanol–water partition coefficient (Wildman–Crippen LogP) is 3.56. The molecule has 0 atom stereocenters. The van der Waals surface area contributed by atoms with Crippen LogP contribution in [-0.2, 0) is 6.18 Å². The Kier molecular flexibility index (Phi) is 4.82. The van der Waals surface area contributed by atoms with Gasteiger partial charge in [-0.25, -0.2) is 9.97 Å². The molecule has 8 heteroatoms. The van der Waals surface area contributed by atoms with Crippen LogP contribution in [0.4, 0.5) is 19.0 Å². The maximum atomic E-state index is 13.0. The van der Waals surface area contributed by atoms with Crippen LogP contribution in [0.5, 0.6) is 0 Å². The lowest BCUT2D eigenvalue weighted by Gasteiger charge is -2.45. The second kappa shape index (κ2) is 6.82. The van der Waals surface area contributed by atoms with Gasteiger partial charge in [0, 0.05) is 36.8 Å². The van der Waals surface area contributed by atoms with Gasteiger partial charge in [-0.15, -0.1) is 0 Å². The monoisotopic (exact) mass is 375 g/mol. The smallest absolute Gasteiger partial charge is 0.353 e. The molecule has 3 rings (SSSR count). The van der Waals surface area contributed by atoms with Crippen LogP contribution in [-0.4, -0.2) is 47.1 Å². The van der Waals surface area contributed by atoms with Crippen LogP contribution in [0.3, 0.4) is 0 Å². The van der Waals surface area contributed by atoms with Crippen LogP contribution in [0.1, 0.15) is 25.2 Å². The van der Waals surface area contributed by atoms with E-state index >= 15 is 0 Å². The van der Waals surface area contributed by atoms with Crippen LogP contribution >= 0.6 is 0 Å². The van der Waals surface area contributed by atoms with E-state index in [1.165, 1.54) is 6.07 Å². The Morgan fingerprint density at radius 3 is 2.52 bits per heavy atom. The molecule has 0 amide bonds. The summed E-state index contributed by atoms with van der Waals surface area (Å²) in [5.41, 5.74) is -0.232. The molecule has 0 N–H and O–H groups in total. The van der Waals surface area contributed by atoms with Gasteiger partial charge in [0.2, 0.25) is 5.82 Å². The number of rotatable bonds is 2. The van der Waals surface area contributed by atoms with E-state index in [0.717, 1.165) is 18.7 Å². The van der Waals surface area contributed by atoms with Gasteiger partial charge < -0.3 is 4.90 Å². The molecule has 0 spiro atoms. The van der Waals surface area contributed by atoms with Gasteiger partial charge in [0.1, 0.15) is 11.9 Å². The third-order valence-electron chi connectivity index (χ3n) is 4.94. The molecule has 0 radical (unpaired) electrons. The lowest BCUT2D eigenvalue weighted by Crippen LogP contribution is -2.57. The van der Waals surface area contributed by atoms with Crippen molar-refractivity contribution in [3.05, 3.63) is 41.7 Å². The number of nitrogens with zero attached hydrogens (tertiary/aromatic N) is 5. The number of anilines is 1. The van der Waals surface area contributed by atoms with Crippen molar-refractivity contribution in [3.8, 4) is 17.3 Å². The zero-order chi connectivity index (χ0) is 19.8. The Labute approximate surface area is 156 Å². The molecule has 1 aliphatic heterocycles. The van der Waals surface area contributed by atoms with Gasteiger partial charge in [-0.3, -0.25) is 4.90 Å². The number of likely N-dealkylation sites (N-methyl/N-ethyl adjacent to an activating group) is 1. The summed E-state index contributed by atoms with van der Waals surface area (Å²) in [6, 6.07) is 8.51. The summed E-state index contributed by atoms with van der Waals surface area (Å²) in [6.07, 6.45) is -4.44. The number of halogens is 3. The van der Waals surface area contributed by atoms with Crippen molar-refractivity contribution in [2.45, 2.75) is 25.6 Å². The Hall–Kier alpha value is -2.66. The lowest BCUT2D eigenvalue weighted by atomic mass is 9.99. The summed E-state index contributed by atoms with van der Waals surface area (Å²) in [4.78, 5) is 12.7.